The van der Waals surface area contributed by atoms with E-state index >= 15 is 0 Å². The Labute approximate surface area is 120 Å². The average Bonchev–Trinajstić information content (AvgIpc) is 2.36. The van der Waals surface area contributed by atoms with Crippen molar-refractivity contribution >= 4 is 10.2 Å². The Morgan fingerprint density at radius 2 is 1.90 bits per heavy atom. The lowest BCUT2D eigenvalue weighted by Crippen LogP contribution is -2.41. The van der Waals surface area contributed by atoms with Crippen LogP contribution in [-0.4, -0.2) is 35.2 Å². The fraction of sp³-hybridized carbons (Fsp3) is 0.538. The van der Waals surface area contributed by atoms with E-state index in [-0.39, 0.29) is 12.6 Å². The van der Waals surface area contributed by atoms with Gasteiger partial charge < -0.3 is 9.47 Å². The Hall–Kier alpha value is -1.31. The molecule has 0 aliphatic carbocycles. The number of nitrogens with one attached hydrogen (secondary N) is 2. The molecule has 0 bridgehead atoms. The van der Waals surface area contributed by atoms with Crippen LogP contribution in [0, 0.1) is 0 Å². The first kappa shape index (κ1) is 16.7. The van der Waals surface area contributed by atoms with Crippen LogP contribution in [-0.2, 0) is 16.6 Å². The highest BCUT2D eigenvalue weighted by atomic mass is 32.2. The maximum Gasteiger partial charge on any atom is 0.277 e. The van der Waals surface area contributed by atoms with Crippen LogP contribution in [0.5, 0.6) is 11.5 Å². The molecule has 0 amide bonds. The molecule has 0 fully saturated rings. The second-order valence-electron chi connectivity index (χ2n) is 4.60. The molecule has 20 heavy (non-hydrogen) atoms. The van der Waals surface area contributed by atoms with Crippen LogP contribution in [0.15, 0.2) is 18.2 Å². The average molecular weight is 302 g/mol. The summed E-state index contributed by atoms with van der Waals surface area (Å²) >= 11 is 0. The molecule has 114 valence electrons. The van der Waals surface area contributed by atoms with Crippen molar-refractivity contribution in [2.45, 2.75) is 26.3 Å². The molecule has 0 heterocycles. The fourth-order valence-corrected chi connectivity index (χ4v) is 2.82. The molecular weight excluding hydrogens is 280 g/mol. The number of methoxy groups -OCH3 is 2. The Morgan fingerprint density at radius 1 is 1.20 bits per heavy atom. The summed E-state index contributed by atoms with van der Waals surface area (Å²) in [4.78, 5) is 0. The standard InChI is InChI=1S/C13H22N2O4S/c1-10(2)15-20(16,17)14-8-7-11-9-12(18-3)5-6-13(11)19-4/h5-6,9-10,14-15H,7-8H2,1-4H3. The van der Waals surface area contributed by atoms with Crippen molar-refractivity contribution in [3.63, 3.8) is 0 Å². The van der Waals surface area contributed by atoms with E-state index in [0.29, 0.717) is 17.9 Å². The highest BCUT2D eigenvalue weighted by Gasteiger charge is 2.11. The van der Waals surface area contributed by atoms with E-state index < -0.39 is 10.2 Å². The number of ether oxygens (including phenoxy) is 2. The van der Waals surface area contributed by atoms with Crippen molar-refractivity contribution < 1.29 is 17.9 Å². The van der Waals surface area contributed by atoms with E-state index in [9.17, 15) is 8.42 Å². The minimum Gasteiger partial charge on any atom is -0.497 e. The second kappa shape index (κ2) is 7.47. The third-order valence-electron chi connectivity index (χ3n) is 2.56. The summed E-state index contributed by atoms with van der Waals surface area (Å²) in [6.07, 6.45) is 0.513. The Balaban J connectivity index is 2.65. The van der Waals surface area contributed by atoms with Crippen LogP contribution in [0.25, 0.3) is 0 Å². The zero-order valence-electron chi connectivity index (χ0n) is 12.3. The lowest BCUT2D eigenvalue weighted by atomic mass is 10.1. The van der Waals surface area contributed by atoms with Gasteiger partial charge in [0.15, 0.2) is 0 Å². The largest absolute Gasteiger partial charge is 0.497 e. The van der Waals surface area contributed by atoms with Gasteiger partial charge in [-0.15, -0.1) is 0 Å². The Morgan fingerprint density at radius 3 is 2.45 bits per heavy atom. The lowest BCUT2D eigenvalue weighted by Gasteiger charge is -2.12. The SMILES string of the molecule is COc1ccc(OC)c(CCNS(=O)(=O)NC(C)C)c1. The van der Waals surface area contributed by atoms with Crippen LogP contribution in [0.2, 0.25) is 0 Å². The predicted octanol–water partition coefficient (Wildman–Crippen LogP) is 1.08. The summed E-state index contributed by atoms with van der Waals surface area (Å²) in [5, 5.41) is 0. The van der Waals surface area contributed by atoms with Gasteiger partial charge in [0.1, 0.15) is 11.5 Å². The van der Waals surface area contributed by atoms with Gasteiger partial charge in [-0.05, 0) is 44.0 Å². The molecule has 0 saturated carbocycles. The van der Waals surface area contributed by atoms with Crippen LogP contribution >= 0.6 is 0 Å². The molecule has 6 nitrogen and oxygen atoms in total. The van der Waals surface area contributed by atoms with Crippen LogP contribution in [0.4, 0.5) is 0 Å². The second-order valence-corrected chi connectivity index (χ2v) is 6.13. The van der Waals surface area contributed by atoms with Gasteiger partial charge in [-0.3, -0.25) is 0 Å². The first-order valence-corrected chi connectivity index (χ1v) is 7.84. The smallest absolute Gasteiger partial charge is 0.277 e. The topological polar surface area (TPSA) is 76.7 Å². The maximum absolute atomic E-state index is 11.6. The summed E-state index contributed by atoms with van der Waals surface area (Å²) in [7, 11) is -0.295. The van der Waals surface area contributed by atoms with Crippen molar-refractivity contribution in [2.75, 3.05) is 20.8 Å². The number of rotatable bonds is 8. The first-order chi connectivity index (χ1) is 9.38. The lowest BCUT2D eigenvalue weighted by molar-refractivity contribution is 0.398. The summed E-state index contributed by atoms with van der Waals surface area (Å²) in [5.74, 6) is 1.42. The predicted molar refractivity (Wildman–Crippen MR) is 78.4 cm³/mol. The van der Waals surface area contributed by atoms with E-state index in [1.807, 2.05) is 6.07 Å². The van der Waals surface area contributed by atoms with Gasteiger partial charge in [0.05, 0.1) is 14.2 Å². The van der Waals surface area contributed by atoms with Crippen molar-refractivity contribution in [2.24, 2.45) is 0 Å². The third-order valence-corrected chi connectivity index (χ3v) is 3.93. The van der Waals surface area contributed by atoms with E-state index in [1.165, 1.54) is 0 Å². The minimum absolute atomic E-state index is 0.140. The van der Waals surface area contributed by atoms with Gasteiger partial charge in [-0.1, -0.05) is 0 Å². The van der Waals surface area contributed by atoms with Crippen LogP contribution < -0.4 is 18.9 Å². The van der Waals surface area contributed by atoms with E-state index in [4.69, 9.17) is 9.47 Å². The fourth-order valence-electron chi connectivity index (χ4n) is 1.75. The monoisotopic (exact) mass is 302 g/mol. The molecule has 0 saturated heterocycles. The molecule has 0 unspecified atom stereocenters. The number of hydrogen-bond acceptors (Lipinski definition) is 4. The van der Waals surface area contributed by atoms with Gasteiger partial charge in [0.2, 0.25) is 0 Å². The van der Waals surface area contributed by atoms with E-state index in [2.05, 4.69) is 9.44 Å². The van der Waals surface area contributed by atoms with Crippen LogP contribution in [0.3, 0.4) is 0 Å². The van der Waals surface area contributed by atoms with E-state index in [1.54, 1.807) is 40.2 Å². The van der Waals surface area contributed by atoms with Gasteiger partial charge in [-0.25, -0.2) is 4.72 Å². The minimum atomic E-state index is -3.46. The van der Waals surface area contributed by atoms with Crippen molar-refractivity contribution in [1.82, 2.24) is 9.44 Å². The summed E-state index contributed by atoms with van der Waals surface area (Å²) in [6, 6.07) is 5.30. The first-order valence-electron chi connectivity index (χ1n) is 6.35. The quantitative estimate of drug-likeness (QED) is 0.753. The molecule has 2 N–H and O–H groups in total. The molecule has 7 heteroatoms. The zero-order valence-corrected chi connectivity index (χ0v) is 13.1. The molecule has 1 aromatic rings. The number of hydrogen-bond donors (Lipinski definition) is 2. The highest BCUT2D eigenvalue weighted by molar-refractivity contribution is 7.87. The van der Waals surface area contributed by atoms with Gasteiger partial charge in [-0.2, -0.15) is 13.1 Å². The highest BCUT2D eigenvalue weighted by Crippen LogP contribution is 2.24. The van der Waals surface area contributed by atoms with Crippen molar-refractivity contribution in [1.29, 1.82) is 0 Å². The third kappa shape index (κ3) is 5.36. The van der Waals surface area contributed by atoms with Gasteiger partial charge in [0.25, 0.3) is 10.2 Å². The maximum atomic E-state index is 11.6. The van der Waals surface area contributed by atoms with Crippen LogP contribution in [0.1, 0.15) is 19.4 Å². The van der Waals surface area contributed by atoms with E-state index in [0.717, 1.165) is 5.56 Å². The molecule has 1 aromatic carbocycles. The van der Waals surface area contributed by atoms with Gasteiger partial charge in [0, 0.05) is 12.6 Å². The molecule has 0 spiro atoms. The molecule has 0 aliphatic heterocycles. The molecule has 0 radical (unpaired) electrons. The summed E-state index contributed by atoms with van der Waals surface area (Å²) in [5.41, 5.74) is 0.888. The van der Waals surface area contributed by atoms with Crippen molar-refractivity contribution in [3.8, 4) is 11.5 Å². The Kier molecular flexibility index (Phi) is 6.25. The summed E-state index contributed by atoms with van der Waals surface area (Å²) in [6.45, 7) is 3.82. The Bertz CT molecular complexity index is 529. The molecule has 0 aliphatic rings. The van der Waals surface area contributed by atoms with Gasteiger partial charge >= 0.3 is 0 Å². The molecule has 1 rings (SSSR count). The zero-order chi connectivity index (χ0) is 15.2. The molecule has 0 aromatic heterocycles. The van der Waals surface area contributed by atoms with Crippen molar-refractivity contribution in [3.05, 3.63) is 23.8 Å². The number of benzene rings is 1. The molecule has 0 atom stereocenters. The molecular formula is C13H22N2O4S. The summed E-state index contributed by atoms with van der Waals surface area (Å²) < 4.78 is 38.6. The normalized spacial score (nSPS) is 11.7.